The zero-order valence-corrected chi connectivity index (χ0v) is 34.5. The molecule has 0 aliphatic carbocycles. The Morgan fingerprint density at radius 1 is 0.368 bits per heavy atom. The van der Waals surface area contributed by atoms with Gasteiger partial charge in [-0.15, -0.1) is 0 Å². The Morgan fingerprint density at radius 2 is 0.658 bits per heavy atom. The van der Waals surface area contributed by atoms with E-state index >= 15 is 0 Å². The molecule has 0 spiro atoms. The maximum atomic E-state index is 2.42. The van der Waals surface area contributed by atoms with Gasteiger partial charge in [0.15, 0.2) is 0 Å². The third kappa shape index (κ3) is 36.2. The van der Waals surface area contributed by atoms with Crippen LogP contribution in [0.4, 0.5) is 0 Å². The lowest BCUT2D eigenvalue weighted by Gasteiger charge is -2.18. The molecule has 4 heteroatoms. The second-order valence-electron chi connectivity index (χ2n) is 15.7. The smallest absolute Gasteiger partial charge is 0.0972 e. The molecule has 0 aliphatic rings. The summed E-state index contributed by atoms with van der Waals surface area (Å²) in [6.07, 6.45) is 9.25. The Kier molecular flexibility index (Phi) is 32.5. The summed E-state index contributed by atoms with van der Waals surface area (Å²) in [5, 5.41) is 15.9. The quantitative estimate of drug-likeness (QED) is 0.0772. The van der Waals surface area contributed by atoms with E-state index in [9.17, 15) is 0 Å². The van der Waals surface area contributed by atoms with Crippen molar-refractivity contribution in [1.82, 2.24) is 0 Å². The summed E-state index contributed by atoms with van der Waals surface area (Å²) in [4.78, 5) is 0. The summed E-state index contributed by atoms with van der Waals surface area (Å²) in [5.41, 5.74) is 0. The Morgan fingerprint density at radius 3 is 0.921 bits per heavy atom. The molecule has 0 saturated carbocycles. The molecule has 0 rings (SSSR count). The van der Waals surface area contributed by atoms with Gasteiger partial charge in [-0.05, 0) is 0 Å². The minimum Gasteiger partial charge on any atom is -0.0972 e. The molecule has 0 aromatic rings. The van der Waals surface area contributed by atoms with Gasteiger partial charge < -0.3 is 0 Å². The molecule has 0 amide bonds. The van der Waals surface area contributed by atoms with Crippen molar-refractivity contribution in [2.45, 2.75) is 174 Å². The molecular weight excluding hydrogens is 516 g/mol. The van der Waals surface area contributed by atoms with Crippen LogP contribution in [-0.4, -0.2) is 58.7 Å². The molecule has 0 fully saturated rings. The van der Waals surface area contributed by atoms with Crippen LogP contribution in [0, 0.1) is 35.5 Å². The van der Waals surface area contributed by atoms with Crippen LogP contribution in [0.5, 0.6) is 0 Å². The first-order valence-corrected chi connectivity index (χ1v) is 26.7. The number of unbranched alkanes of at least 4 members (excludes halogenated alkanes) is 4. The van der Waals surface area contributed by atoms with Crippen molar-refractivity contribution >= 4 is 58.7 Å². The molecule has 0 N–H and O–H groups in total. The van der Waals surface area contributed by atoms with Gasteiger partial charge in [0.1, 0.15) is 0 Å². The molecule has 0 radical (unpaired) electrons. The topological polar surface area (TPSA) is 0 Å². The van der Waals surface area contributed by atoms with Crippen molar-refractivity contribution < 1.29 is 0 Å². The Labute approximate surface area is 266 Å². The maximum Gasteiger partial charge on any atom is 0.262 e. The van der Waals surface area contributed by atoms with Crippen molar-refractivity contribution in [3.05, 3.63) is 0 Å². The van der Waals surface area contributed by atoms with E-state index < -0.39 is 28.3 Å². The summed E-state index contributed by atoms with van der Waals surface area (Å²) in [6.45, 7) is 28.9. The Bertz CT molecular complexity index is 399. The van der Waals surface area contributed by atoms with Crippen molar-refractivity contribution in [2.75, 3.05) is 0 Å². The van der Waals surface area contributed by atoms with E-state index in [-0.39, 0.29) is 0 Å². The van der Waals surface area contributed by atoms with Gasteiger partial charge in [0.25, 0.3) is 28.3 Å². The minimum absolute atomic E-state index is 0.323. The molecule has 0 unspecified atom stereocenters. The lowest BCUT2D eigenvalue weighted by Crippen LogP contribution is -2.18. The first-order valence-electron chi connectivity index (χ1n) is 17.8. The van der Waals surface area contributed by atoms with Crippen molar-refractivity contribution in [3.8, 4) is 0 Å². The highest BCUT2D eigenvalue weighted by Crippen LogP contribution is 2.23. The second kappa shape index (κ2) is 29.2. The summed E-state index contributed by atoms with van der Waals surface area (Å²) in [6, 6.07) is 0. The second-order valence-corrected chi connectivity index (χ2v) is 26.2. The molecule has 0 saturated heterocycles. The maximum absolute atomic E-state index is 2.42. The zero-order chi connectivity index (χ0) is 29.3. The molecule has 224 valence electrons. The lowest BCUT2D eigenvalue weighted by molar-refractivity contribution is 0.668. The fraction of sp³-hybridized carbons (Fsp3) is 1.00. The van der Waals surface area contributed by atoms with Crippen molar-refractivity contribution in [1.29, 1.82) is 0 Å². The normalized spacial score (nSPS) is 11.6. The van der Waals surface area contributed by atoms with E-state index in [2.05, 4.69) is 83.1 Å². The van der Waals surface area contributed by atoms with Gasteiger partial charge in [0, 0.05) is 0 Å². The van der Waals surface area contributed by atoms with Crippen LogP contribution in [-0.2, 0) is 0 Å². The van der Waals surface area contributed by atoms with E-state index in [1.165, 1.54) is 12.8 Å². The van der Waals surface area contributed by atoms with E-state index in [4.69, 9.17) is 0 Å². The van der Waals surface area contributed by atoms with Crippen LogP contribution in [0.1, 0.15) is 122 Å². The molecule has 0 aromatic heterocycles. The van der Waals surface area contributed by atoms with E-state index in [1.807, 2.05) is 0 Å². The fourth-order valence-electron chi connectivity index (χ4n) is 6.36. The predicted octanol–water partition coefficient (Wildman–Crippen LogP) is 11.8. The monoisotopic (exact) mass is 593 g/mol. The third-order valence-corrected chi connectivity index (χ3v) is 22.0. The van der Waals surface area contributed by atoms with Crippen LogP contribution in [0.3, 0.4) is 0 Å². The van der Waals surface area contributed by atoms with Gasteiger partial charge >= 0.3 is 0 Å². The van der Waals surface area contributed by atoms with Crippen LogP contribution in [0.2, 0.25) is 52.8 Å². The molecular formula is C34H76Al4. The average molecular weight is 593 g/mol. The molecule has 0 bridgehead atoms. The molecule has 0 aliphatic heterocycles. The lowest BCUT2D eigenvalue weighted by atomic mass is 10.2. The summed E-state index contributed by atoms with van der Waals surface area (Å²) < 4.78 is 0. The molecule has 0 aromatic carbocycles. The van der Waals surface area contributed by atoms with Crippen LogP contribution in [0.15, 0.2) is 0 Å². The molecule has 38 heavy (non-hydrogen) atoms. The Hall–Kier alpha value is 2.13. The SMILES string of the molecule is CC(C)[CH2][AlH][CH2]CCC[CH2][AlH][CH2]C(C)C.CC(C)[CH2][Al]([CH2]CCC[CH2][Al]([CH2]C(C)C)[CH2]C(C)C)[CH2]C(C)C. The van der Waals surface area contributed by atoms with Crippen LogP contribution < -0.4 is 0 Å². The first-order chi connectivity index (χ1) is 17.8. The largest absolute Gasteiger partial charge is 0.262 e. The molecule has 0 nitrogen and oxygen atoms in total. The third-order valence-electron chi connectivity index (χ3n) is 8.01. The Balaban J connectivity index is 0. The number of rotatable bonds is 24. The van der Waals surface area contributed by atoms with Gasteiger partial charge in [0.05, 0.1) is 0 Å². The highest BCUT2D eigenvalue weighted by atomic mass is 27.2. The van der Waals surface area contributed by atoms with Gasteiger partial charge in [-0.1, -0.05) is 210 Å². The summed E-state index contributed by atoms with van der Waals surface area (Å²) in [5.74, 6) is 5.65. The molecule has 0 atom stereocenters. The number of hydrogen-bond acceptors (Lipinski definition) is 0. The fourth-order valence-corrected chi connectivity index (χ4v) is 18.4. The van der Waals surface area contributed by atoms with Crippen LogP contribution in [0.25, 0.3) is 0 Å². The zero-order valence-electron chi connectivity index (χ0n) is 29.3. The van der Waals surface area contributed by atoms with Gasteiger partial charge in [-0.25, -0.2) is 0 Å². The standard InChI is InChI=1S/2C5H10.6C4H9.4Al.2H/c2*1-3-5-4-2;6*1-4(2)3;;;;;;/h2*1-5H2;6*4H,1H2,2-3H3;;;;;;. The highest BCUT2D eigenvalue weighted by molar-refractivity contribution is 6.59. The number of hydrogen-bond donors (Lipinski definition) is 0. The van der Waals surface area contributed by atoms with Crippen LogP contribution >= 0.6 is 0 Å². The van der Waals surface area contributed by atoms with Gasteiger partial charge in [-0.3, -0.25) is 0 Å². The minimum atomic E-state index is -0.452. The predicted molar refractivity (Wildman–Crippen MR) is 191 cm³/mol. The van der Waals surface area contributed by atoms with E-state index in [0.29, 0.717) is 30.4 Å². The summed E-state index contributed by atoms with van der Waals surface area (Å²) >= 11 is -0.259. The summed E-state index contributed by atoms with van der Waals surface area (Å²) in [7, 11) is 0. The highest BCUT2D eigenvalue weighted by Gasteiger charge is 2.21. The average Bonchev–Trinajstić information content (AvgIpc) is 2.76. The van der Waals surface area contributed by atoms with Crippen molar-refractivity contribution in [3.63, 3.8) is 0 Å². The van der Waals surface area contributed by atoms with Gasteiger partial charge in [0.2, 0.25) is 30.4 Å². The van der Waals surface area contributed by atoms with Crippen molar-refractivity contribution in [2.24, 2.45) is 35.5 Å². The molecule has 0 heterocycles. The van der Waals surface area contributed by atoms with E-state index in [1.54, 1.807) is 78.5 Å². The van der Waals surface area contributed by atoms with E-state index in [0.717, 1.165) is 35.5 Å². The van der Waals surface area contributed by atoms with Gasteiger partial charge in [-0.2, -0.15) is 0 Å². The first kappa shape index (κ1) is 42.3.